The van der Waals surface area contributed by atoms with Gasteiger partial charge < -0.3 is 5.11 Å². The first-order valence-electron chi connectivity index (χ1n) is 9.90. The molecule has 0 saturated carbocycles. The Labute approximate surface area is 151 Å². The van der Waals surface area contributed by atoms with Crippen LogP contribution in [0.4, 0.5) is 0 Å². The van der Waals surface area contributed by atoms with E-state index in [1.165, 1.54) is 50.1 Å². The SMILES string of the molecule is C=C[C@@H]([C@@H](O)CCCCCCCCCC)[Si](C)(C)c1ccccc1. The average Bonchev–Trinajstić information content (AvgIpc) is 2.58. The Bertz CT molecular complexity index is 441. The van der Waals surface area contributed by atoms with Crippen LogP contribution < -0.4 is 5.19 Å². The number of aliphatic hydroxyl groups is 1. The van der Waals surface area contributed by atoms with Gasteiger partial charge in [-0.15, -0.1) is 6.58 Å². The van der Waals surface area contributed by atoms with E-state index in [0.717, 1.165) is 12.8 Å². The van der Waals surface area contributed by atoms with E-state index in [2.05, 4.69) is 56.9 Å². The maximum atomic E-state index is 10.7. The minimum atomic E-state index is -1.73. The van der Waals surface area contributed by atoms with E-state index in [0.29, 0.717) is 0 Å². The molecule has 136 valence electrons. The summed E-state index contributed by atoms with van der Waals surface area (Å²) < 4.78 is 0. The van der Waals surface area contributed by atoms with Crippen molar-refractivity contribution >= 4 is 13.3 Å². The Morgan fingerprint density at radius 2 is 1.50 bits per heavy atom. The second-order valence-electron chi connectivity index (χ2n) is 7.68. The van der Waals surface area contributed by atoms with Gasteiger partial charge in [-0.1, -0.05) is 113 Å². The van der Waals surface area contributed by atoms with Gasteiger partial charge in [-0.3, -0.25) is 0 Å². The summed E-state index contributed by atoms with van der Waals surface area (Å²) in [6, 6.07) is 10.7. The lowest BCUT2D eigenvalue weighted by Crippen LogP contribution is -2.49. The van der Waals surface area contributed by atoms with Crippen LogP contribution in [0, 0.1) is 0 Å². The second kappa shape index (κ2) is 11.6. The van der Waals surface area contributed by atoms with Gasteiger partial charge in [0, 0.05) is 5.54 Å². The van der Waals surface area contributed by atoms with Crippen molar-refractivity contribution in [2.75, 3.05) is 0 Å². The predicted octanol–water partition coefficient (Wildman–Crippen LogP) is 6.05. The van der Waals surface area contributed by atoms with Crippen LogP contribution >= 0.6 is 0 Å². The number of unbranched alkanes of at least 4 members (excludes halogenated alkanes) is 7. The highest BCUT2D eigenvalue weighted by molar-refractivity contribution is 6.91. The fourth-order valence-electron chi connectivity index (χ4n) is 3.66. The summed E-state index contributed by atoms with van der Waals surface area (Å²) >= 11 is 0. The number of aliphatic hydroxyl groups excluding tert-OH is 1. The van der Waals surface area contributed by atoms with Crippen molar-refractivity contribution in [3.8, 4) is 0 Å². The topological polar surface area (TPSA) is 20.2 Å². The third-order valence-electron chi connectivity index (χ3n) is 5.37. The van der Waals surface area contributed by atoms with Crippen LogP contribution in [0.2, 0.25) is 18.6 Å². The molecule has 0 radical (unpaired) electrons. The average molecular weight is 347 g/mol. The normalized spacial score (nSPS) is 14.3. The second-order valence-corrected chi connectivity index (χ2v) is 12.4. The van der Waals surface area contributed by atoms with Gasteiger partial charge in [0.15, 0.2) is 0 Å². The van der Waals surface area contributed by atoms with Crippen molar-refractivity contribution in [1.82, 2.24) is 0 Å². The largest absolute Gasteiger partial charge is 0.393 e. The van der Waals surface area contributed by atoms with Crippen molar-refractivity contribution in [3.63, 3.8) is 0 Å². The van der Waals surface area contributed by atoms with E-state index in [-0.39, 0.29) is 11.6 Å². The van der Waals surface area contributed by atoms with Crippen LogP contribution in [-0.4, -0.2) is 19.3 Å². The zero-order valence-electron chi connectivity index (χ0n) is 16.1. The molecular weight excluding hydrogens is 308 g/mol. The monoisotopic (exact) mass is 346 g/mol. The molecule has 0 amide bonds. The lowest BCUT2D eigenvalue weighted by molar-refractivity contribution is 0.162. The number of rotatable bonds is 13. The van der Waals surface area contributed by atoms with E-state index >= 15 is 0 Å². The highest BCUT2D eigenvalue weighted by Gasteiger charge is 2.35. The zero-order chi connectivity index (χ0) is 17.8. The summed E-state index contributed by atoms with van der Waals surface area (Å²) in [5.41, 5.74) is 0.226. The van der Waals surface area contributed by atoms with Crippen LogP contribution in [-0.2, 0) is 0 Å². The van der Waals surface area contributed by atoms with Crippen molar-refractivity contribution in [1.29, 1.82) is 0 Å². The first-order chi connectivity index (χ1) is 11.5. The van der Waals surface area contributed by atoms with Crippen LogP contribution in [0.3, 0.4) is 0 Å². The number of hydrogen-bond donors (Lipinski definition) is 1. The van der Waals surface area contributed by atoms with E-state index in [1.54, 1.807) is 0 Å². The molecule has 0 aromatic heterocycles. The Morgan fingerprint density at radius 1 is 0.958 bits per heavy atom. The molecule has 0 fully saturated rings. The van der Waals surface area contributed by atoms with E-state index in [4.69, 9.17) is 0 Å². The lowest BCUT2D eigenvalue weighted by atomic mass is 10.0. The predicted molar refractivity (Wildman–Crippen MR) is 111 cm³/mol. The van der Waals surface area contributed by atoms with Crippen molar-refractivity contribution < 1.29 is 5.11 Å². The lowest BCUT2D eigenvalue weighted by Gasteiger charge is -2.34. The fourth-order valence-corrected chi connectivity index (χ4v) is 6.81. The van der Waals surface area contributed by atoms with Crippen molar-refractivity contribution in [2.45, 2.75) is 89.5 Å². The molecule has 1 N–H and O–H groups in total. The smallest absolute Gasteiger partial charge is 0.0901 e. The third kappa shape index (κ3) is 6.94. The highest BCUT2D eigenvalue weighted by atomic mass is 28.3. The summed E-state index contributed by atoms with van der Waals surface area (Å²) in [5, 5.41) is 12.1. The third-order valence-corrected chi connectivity index (χ3v) is 9.48. The molecule has 2 heteroatoms. The van der Waals surface area contributed by atoms with Crippen LogP contribution in [0.5, 0.6) is 0 Å². The maximum Gasteiger partial charge on any atom is 0.0901 e. The molecule has 0 aliphatic carbocycles. The van der Waals surface area contributed by atoms with Gasteiger partial charge in [-0.25, -0.2) is 0 Å². The first kappa shape index (κ1) is 21.2. The van der Waals surface area contributed by atoms with Crippen LogP contribution in [0.15, 0.2) is 43.0 Å². The Kier molecular flexibility index (Phi) is 10.3. The van der Waals surface area contributed by atoms with Gasteiger partial charge in [0.2, 0.25) is 0 Å². The van der Waals surface area contributed by atoms with E-state index in [1.807, 2.05) is 6.08 Å². The molecule has 1 aromatic rings. The fraction of sp³-hybridized carbons (Fsp3) is 0.636. The molecule has 2 atom stereocenters. The molecule has 24 heavy (non-hydrogen) atoms. The zero-order valence-corrected chi connectivity index (χ0v) is 17.1. The minimum Gasteiger partial charge on any atom is -0.393 e. The summed E-state index contributed by atoms with van der Waals surface area (Å²) in [7, 11) is -1.73. The molecule has 1 rings (SSSR count). The maximum absolute atomic E-state index is 10.7. The summed E-state index contributed by atoms with van der Waals surface area (Å²) in [6.07, 6.45) is 13.2. The molecule has 0 spiro atoms. The number of benzene rings is 1. The molecule has 0 bridgehead atoms. The Balaban J connectivity index is 2.38. The van der Waals surface area contributed by atoms with Gasteiger partial charge in [0.05, 0.1) is 14.2 Å². The van der Waals surface area contributed by atoms with Gasteiger partial charge in [-0.2, -0.15) is 0 Å². The Morgan fingerprint density at radius 3 is 2.04 bits per heavy atom. The summed E-state index contributed by atoms with van der Waals surface area (Å²) in [5.74, 6) is 0. The summed E-state index contributed by atoms with van der Waals surface area (Å²) in [6.45, 7) is 11.0. The van der Waals surface area contributed by atoms with Gasteiger partial charge in [0.25, 0.3) is 0 Å². The van der Waals surface area contributed by atoms with E-state index < -0.39 is 8.07 Å². The molecule has 0 heterocycles. The number of hydrogen-bond acceptors (Lipinski definition) is 1. The van der Waals surface area contributed by atoms with Crippen molar-refractivity contribution in [3.05, 3.63) is 43.0 Å². The molecule has 0 unspecified atom stereocenters. The molecule has 0 aliphatic heterocycles. The first-order valence-corrected chi connectivity index (χ1v) is 13.0. The van der Waals surface area contributed by atoms with Crippen LogP contribution in [0.25, 0.3) is 0 Å². The van der Waals surface area contributed by atoms with Gasteiger partial charge in [0.1, 0.15) is 0 Å². The molecule has 0 aliphatic rings. The molecular formula is C22H38OSi. The molecule has 1 aromatic carbocycles. The quantitative estimate of drug-likeness (QED) is 0.262. The standard InChI is InChI=1S/C22H38OSi/c1-5-7-8-9-10-11-12-16-19-21(23)22(6-2)24(3,4)20-17-14-13-15-18-20/h6,13-15,17-18,21-23H,2,5,7-12,16,19H2,1,3-4H3/t21-,22-/m0/s1. The van der Waals surface area contributed by atoms with E-state index in [9.17, 15) is 5.11 Å². The van der Waals surface area contributed by atoms with Crippen LogP contribution in [0.1, 0.15) is 64.7 Å². The molecule has 1 nitrogen and oxygen atoms in total. The highest BCUT2D eigenvalue weighted by Crippen LogP contribution is 2.29. The van der Waals surface area contributed by atoms with Gasteiger partial charge in [-0.05, 0) is 6.42 Å². The van der Waals surface area contributed by atoms with Gasteiger partial charge >= 0.3 is 0 Å². The minimum absolute atomic E-state index is 0.226. The summed E-state index contributed by atoms with van der Waals surface area (Å²) in [4.78, 5) is 0. The van der Waals surface area contributed by atoms with Crippen molar-refractivity contribution in [2.24, 2.45) is 0 Å². The molecule has 0 saturated heterocycles. The Hall–Kier alpha value is -0.863.